The van der Waals surface area contributed by atoms with Gasteiger partial charge in [0, 0.05) is 28.4 Å². The zero-order valence-electron chi connectivity index (χ0n) is 11.9. The number of amides is 1. The fourth-order valence-corrected chi connectivity index (χ4v) is 2.68. The van der Waals surface area contributed by atoms with Crippen molar-refractivity contribution in [2.45, 2.75) is 0 Å². The topological polar surface area (TPSA) is 64.1 Å². The first-order valence-corrected chi connectivity index (χ1v) is 8.00. The third kappa shape index (κ3) is 4.28. The van der Waals surface area contributed by atoms with Gasteiger partial charge in [0.05, 0.1) is 5.69 Å². The monoisotopic (exact) mass is 345 g/mol. The van der Waals surface area contributed by atoms with Gasteiger partial charge in [-0.3, -0.25) is 15.1 Å². The average Bonchev–Trinajstić information content (AvgIpc) is 3.04. The minimum Gasteiger partial charge on any atom is -0.484 e. The van der Waals surface area contributed by atoms with Crippen LogP contribution in [0.3, 0.4) is 0 Å². The molecule has 2 aromatic heterocycles. The number of halogens is 1. The van der Waals surface area contributed by atoms with Gasteiger partial charge in [-0.2, -0.15) is 0 Å². The standard InChI is InChI=1S/C16H12ClN3O2S/c17-12-1-3-13(4-2-12)22-9-15(21)20-16-19-14(10-23-16)11-5-7-18-8-6-11/h1-8,10H,9H2,(H,19,20,21). The average molecular weight is 346 g/mol. The van der Waals surface area contributed by atoms with Gasteiger partial charge in [0.1, 0.15) is 5.75 Å². The van der Waals surface area contributed by atoms with Crippen LogP contribution in [0.25, 0.3) is 11.3 Å². The lowest BCUT2D eigenvalue weighted by Crippen LogP contribution is -2.20. The van der Waals surface area contributed by atoms with Crippen LogP contribution in [-0.4, -0.2) is 22.5 Å². The maximum Gasteiger partial charge on any atom is 0.264 e. The molecule has 0 saturated carbocycles. The highest BCUT2D eigenvalue weighted by Gasteiger charge is 2.08. The molecule has 5 nitrogen and oxygen atoms in total. The van der Waals surface area contributed by atoms with E-state index in [2.05, 4.69) is 15.3 Å². The Morgan fingerprint density at radius 1 is 1.17 bits per heavy atom. The minimum atomic E-state index is -0.268. The molecule has 3 rings (SSSR count). The number of thiazole rings is 1. The van der Waals surface area contributed by atoms with Crippen molar-refractivity contribution >= 4 is 34.0 Å². The minimum absolute atomic E-state index is 0.0915. The van der Waals surface area contributed by atoms with Crippen molar-refractivity contribution in [1.82, 2.24) is 9.97 Å². The number of hydrogen-bond acceptors (Lipinski definition) is 5. The van der Waals surface area contributed by atoms with Gasteiger partial charge in [-0.15, -0.1) is 11.3 Å². The predicted molar refractivity (Wildman–Crippen MR) is 90.9 cm³/mol. The Bertz CT molecular complexity index is 791. The van der Waals surface area contributed by atoms with Crippen LogP contribution < -0.4 is 10.1 Å². The van der Waals surface area contributed by atoms with E-state index in [0.717, 1.165) is 11.3 Å². The largest absolute Gasteiger partial charge is 0.484 e. The van der Waals surface area contributed by atoms with Gasteiger partial charge < -0.3 is 4.74 Å². The Balaban J connectivity index is 1.56. The highest BCUT2D eigenvalue weighted by molar-refractivity contribution is 7.14. The SMILES string of the molecule is O=C(COc1ccc(Cl)cc1)Nc1nc(-c2ccncc2)cs1. The van der Waals surface area contributed by atoms with E-state index in [9.17, 15) is 4.79 Å². The third-order valence-electron chi connectivity index (χ3n) is 2.91. The number of carbonyl (C=O) groups excluding carboxylic acids is 1. The molecular formula is C16H12ClN3O2S. The van der Waals surface area contributed by atoms with Gasteiger partial charge in [-0.25, -0.2) is 4.98 Å². The van der Waals surface area contributed by atoms with Crippen molar-refractivity contribution in [2.75, 3.05) is 11.9 Å². The molecule has 0 spiro atoms. The van der Waals surface area contributed by atoms with Crippen LogP contribution in [0.1, 0.15) is 0 Å². The molecule has 1 aromatic carbocycles. The van der Waals surface area contributed by atoms with Crippen molar-refractivity contribution < 1.29 is 9.53 Å². The first-order chi connectivity index (χ1) is 11.2. The quantitative estimate of drug-likeness (QED) is 0.762. The summed E-state index contributed by atoms with van der Waals surface area (Å²) in [6, 6.07) is 10.6. The molecule has 1 N–H and O–H groups in total. The molecule has 7 heteroatoms. The maximum atomic E-state index is 11.9. The number of benzene rings is 1. The molecule has 0 aliphatic carbocycles. The number of pyridine rings is 1. The lowest BCUT2D eigenvalue weighted by atomic mass is 10.2. The molecule has 0 atom stereocenters. The predicted octanol–water partition coefficient (Wildman–Crippen LogP) is 3.88. The zero-order chi connectivity index (χ0) is 16.1. The van der Waals surface area contributed by atoms with E-state index < -0.39 is 0 Å². The molecule has 23 heavy (non-hydrogen) atoms. The molecule has 2 heterocycles. The van der Waals surface area contributed by atoms with Gasteiger partial charge in [-0.05, 0) is 36.4 Å². The highest BCUT2D eigenvalue weighted by Crippen LogP contribution is 2.24. The molecule has 0 aliphatic rings. The summed E-state index contributed by atoms with van der Waals surface area (Å²) in [7, 11) is 0. The molecule has 0 radical (unpaired) electrons. The number of anilines is 1. The van der Waals surface area contributed by atoms with E-state index in [1.165, 1.54) is 11.3 Å². The molecule has 0 unspecified atom stereocenters. The van der Waals surface area contributed by atoms with Gasteiger partial charge >= 0.3 is 0 Å². The van der Waals surface area contributed by atoms with Crippen LogP contribution >= 0.6 is 22.9 Å². The summed E-state index contributed by atoms with van der Waals surface area (Å²) in [6.07, 6.45) is 3.40. The molecule has 0 saturated heterocycles. The Morgan fingerprint density at radius 2 is 1.91 bits per heavy atom. The van der Waals surface area contributed by atoms with Gasteiger partial charge in [0.25, 0.3) is 5.91 Å². The number of rotatable bonds is 5. The molecular weight excluding hydrogens is 334 g/mol. The Hall–Kier alpha value is -2.44. The van der Waals surface area contributed by atoms with E-state index in [1.54, 1.807) is 36.7 Å². The van der Waals surface area contributed by atoms with Crippen molar-refractivity contribution in [3.63, 3.8) is 0 Å². The highest BCUT2D eigenvalue weighted by atomic mass is 35.5. The number of aromatic nitrogens is 2. The van der Waals surface area contributed by atoms with Crippen molar-refractivity contribution in [1.29, 1.82) is 0 Å². The molecule has 0 aliphatic heterocycles. The van der Waals surface area contributed by atoms with Crippen LogP contribution in [0.4, 0.5) is 5.13 Å². The normalized spacial score (nSPS) is 10.3. The summed E-state index contributed by atoms with van der Waals surface area (Å²) in [4.78, 5) is 20.2. The lowest BCUT2D eigenvalue weighted by molar-refractivity contribution is -0.118. The zero-order valence-corrected chi connectivity index (χ0v) is 13.5. The van der Waals surface area contributed by atoms with E-state index in [-0.39, 0.29) is 12.5 Å². The second kappa shape index (κ2) is 7.21. The van der Waals surface area contributed by atoms with E-state index in [4.69, 9.17) is 16.3 Å². The first-order valence-electron chi connectivity index (χ1n) is 6.75. The molecule has 3 aromatic rings. The van der Waals surface area contributed by atoms with Crippen molar-refractivity contribution in [3.05, 3.63) is 59.2 Å². The summed E-state index contributed by atoms with van der Waals surface area (Å²) in [5, 5.41) is 5.74. The van der Waals surface area contributed by atoms with Crippen LogP contribution in [0.5, 0.6) is 5.75 Å². The Labute approximate surface area is 141 Å². The van der Waals surface area contributed by atoms with Crippen LogP contribution in [-0.2, 0) is 4.79 Å². The summed E-state index contributed by atoms with van der Waals surface area (Å²) in [5.74, 6) is 0.316. The number of nitrogens with zero attached hydrogens (tertiary/aromatic N) is 2. The summed E-state index contributed by atoms with van der Waals surface area (Å²) < 4.78 is 5.38. The fourth-order valence-electron chi connectivity index (χ4n) is 1.82. The maximum absolute atomic E-state index is 11.9. The van der Waals surface area contributed by atoms with Crippen LogP contribution in [0.2, 0.25) is 5.02 Å². The smallest absolute Gasteiger partial charge is 0.264 e. The third-order valence-corrected chi connectivity index (χ3v) is 3.92. The summed E-state index contributed by atoms with van der Waals surface area (Å²) in [5.41, 5.74) is 1.75. The van der Waals surface area contributed by atoms with E-state index >= 15 is 0 Å². The summed E-state index contributed by atoms with van der Waals surface area (Å²) in [6.45, 7) is -0.0915. The fraction of sp³-hybridized carbons (Fsp3) is 0.0625. The van der Waals surface area contributed by atoms with Gasteiger partial charge in [0.15, 0.2) is 11.7 Å². The lowest BCUT2D eigenvalue weighted by Gasteiger charge is -2.05. The second-order valence-electron chi connectivity index (χ2n) is 4.56. The second-order valence-corrected chi connectivity index (χ2v) is 5.86. The number of carbonyl (C=O) groups is 1. The van der Waals surface area contributed by atoms with E-state index in [0.29, 0.717) is 15.9 Å². The number of nitrogens with one attached hydrogen (secondary N) is 1. The molecule has 0 fully saturated rings. The number of hydrogen-bond donors (Lipinski definition) is 1. The van der Waals surface area contributed by atoms with Crippen LogP contribution in [0.15, 0.2) is 54.2 Å². The molecule has 0 bridgehead atoms. The molecule has 1 amide bonds. The Morgan fingerprint density at radius 3 is 2.65 bits per heavy atom. The first kappa shape index (κ1) is 15.5. The van der Waals surface area contributed by atoms with Crippen molar-refractivity contribution in [3.8, 4) is 17.0 Å². The number of ether oxygens (including phenoxy) is 1. The van der Waals surface area contributed by atoms with Gasteiger partial charge in [-0.1, -0.05) is 11.6 Å². The van der Waals surface area contributed by atoms with Gasteiger partial charge in [0.2, 0.25) is 0 Å². The molecule has 116 valence electrons. The van der Waals surface area contributed by atoms with Crippen LogP contribution in [0, 0.1) is 0 Å². The van der Waals surface area contributed by atoms with E-state index in [1.807, 2.05) is 17.5 Å². The summed E-state index contributed by atoms with van der Waals surface area (Å²) >= 11 is 7.15. The Kier molecular flexibility index (Phi) is 4.85. The van der Waals surface area contributed by atoms with Crippen molar-refractivity contribution in [2.24, 2.45) is 0 Å².